The van der Waals surface area contributed by atoms with Gasteiger partial charge in [-0.2, -0.15) is 13.2 Å². The van der Waals surface area contributed by atoms with Crippen molar-refractivity contribution in [3.8, 4) is 0 Å². The third-order valence-corrected chi connectivity index (χ3v) is 14.2. The van der Waals surface area contributed by atoms with E-state index >= 15 is 0 Å². The molecule has 1 aliphatic heterocycles. The molecule has 1 saturated carbocycles. The Kier molecular flexibility index (Phi) is 6.96. The zero-order valence-electron chi connectivity index (χ0n) is 24.8. The molecule has 39 heavy (non-hydrogen) atoms. The second-order valence-corrected chi connectivity index (χ2v) is 19.0. The summed E-state index contributed by atoms with van der Waals surface area (Å²) in [5.74, 6) is 0. The van der Waals surface area contributed by atoms with Crippen LogP contribution in [0.1, 0.15) is 125 Å². The number of rotatable bonds is 4. The van der Waals surface area contributed by atoms with Crippen molar-refractivity contribution < 1.29 is 22.3 Å². The van der Waals surface area contributed by atoms with Crippen LogP contribution >= 0.6 is 0 Å². The quantitative estimate of drug-likeness (QED) is 0.350. The normalized spacial score (nSPS) is 24.2. The van der Waals surface area contributed by atoms with Crippen LogP contribution in [0.4, 0.5) is 13.2 Å². The lowest BCUT2D eigenvalue weighted by atomic mass is 9.71. The number of nitrogens with zero attached hydrogens (tertiary/aromatic N) is 1. The summed E-state index contributed by atoms with van der Waals surface area (Å²) >= 11 is 0. The molecule has 1 aromatic heterocycles. The zero-order chi connectivity index (χ0) is 28.6. The lowest BCUT2D eigenvalue weighted by molar-refractivity contribution is -0.137. The first-order valence-electron chi connectivity index (χ1n) is 14.6. The van der Waals surface area contributed by atoms with Gasteiger partial charge in [0.05, 0.1) is 17.3 Å². The third kappa shape index (κ3) is 5.01. The van der Waals surface area contributed by atoms with E-state index in [0.29, 0.717) is 0 Å². The second-order valence-electron chi connectivity index (χ2n) is 14.3. The molecule has 7 heteroatoms. The number of hydrogen-bond donors (Lipinski definition) is 0. The van der Waals surface area contributed by atoms with E-state index in [9.17, 15) is 13.2 Å². The van der Waals surface area contributed by atoms with Gasteiger partial charge in [-0.15, -0.1) is 0 Å². The molecular formula is C32H44F3NO2Si. The molecule has 0 N–H and O–H groups in total. The first-order chi connectivity index (χ1) is 18.0. The molecule has 0 saturated heterocycles. The highest BCUT2D eigenvalue weighted by Crippen LogP contribution is 2.60. The molecule has 2 aliphatic carbocycles. The molecule has 1 spiro atoms. The van der Waals surface area contributed by atoms with E-state index in [1.165, 1.54) is 23.3 Å². The van der Waals surface area contributed by atoms with Gasteiger partial charge in [-0.3, -0.25) is 4.98 Å². The Balaban J connectivity index is 1.72. The largest absolute Gasteiger partial charge is 0.416 e. The Bertz CT molecular complexity index is 1240. The van der Waals surface area contributed by atoms with Crippen molar-refractivity contribution >= 4 is 8.32 Å². The molecule has 2 aromatic rings. The Hall–Kier alpha value is -1.70. The number of pyridine rings is 1. The fourth-order valence-corrected chi connectivity index (χ4v) is 8.01. The van der Waals surface area contributed by atoms with E-state index in [2.05, 4.69) is 54.6 Å². The fourth-order valence-electron chi connectivity index (χ4n) is 6.74. The molecule has 2 heterocycles. The van der Waals surface area contributed by atoms with Gasteiger partial charge in [-0.05, 0) is 78.9 Å². The minimum atomic E-state index is -4.37. The van der Waals surface area contributed by atoms with Gasteiger partial charge in [0.15, 0.2) is 8.32 Å². The molecule has 0 radical (unpaired) electrons. The van der Waals surface area contributed by atoms with Gasteiger partial charge >= 0.3 is 6.18 Å². The molecule has 214 valence electrons. The van der Waals surface area contributed by atoms with Crippen molar-refractivity contribution in [3.05, 3.63) is 63.5 Å². The highest BCUT2D eigenvalue weighted by Gasteiger charge is 2.53. The summed E-state index contributed by atoms with van der Waals surface area (Å²) in [5.41, 5.74) is 5.47. The van der Waals surface area contributed by atoms with Gasteiger partial charge in [-0.1, -0.05) is 66.5 Å². The fraction of sp³-hybridized carbons (Fsp3) is 0.656. The summed E-state index contributed by atoms with van der Waals surface area (Å²) in [4.78, 5) is 5.30. The van der Waals surface area contributed by atoms with Crippen LogP contribution in [0.3, 0.4) is 0 Å². The minimum Gasteiger partial charge on any atom is -0.410 e. The summed E-state index contributed by atoms with van der Waals surface area (Å²) in [6, 6.07) is 5.55. The topological polar surface area (TPSA) is 31.4 Å². The average molecular weight is 560 g/mol. The van der Waals surface area contributed by atoms with Gasteiger partial charge in [0.2, 0.25) is 0 Å². The molecule has 3 nitrogen and oxygen atoms in total. The minimum absolute atomic E-state index is 0.0570. The second kappa shape index (κ2) is 9.42. The molecule has 1 fully saturated rings. The average Bonchev–Trinajstić information content (AvgIpc) is 3.42. The molecule has 0 amide bonds. The highest BCUT2D eigenvalue weighted by atomic mass is 28.4. The van der Waals surface area contributed by atoms with Crippen molar-refractivity contribution in [3.63, 3.8) is 0 Å². The molecule has 5 rings (SSSR count). The van der Waals surface area contributed by atoms with Crippen LogP contribution in [0.5, 0.6) is 0 Å². The maximum absolute atomic E-state index is 13.4. The lowest BCUT2D eigenvalue weighted by Crippen LogP contribution is -2.44. The van der Waals surface area contributed by atoms with Crippen LogP contribution < -0.4 is 0 Å². The Morgan fingerprint density at radius 1 is 1.03 bits per heavy atom. The number of halogens is 3. The van der Waals surface area contributed by atoms with E-state index in [-0.39, 0.29) is 16.6 Å². The predicted molar refractivity (Wildman–Crippen MR) is 151 cm³/mol. The molecular weight excluding hydrogens is 515 g/mol. The molecule has 3 aliphatic rings. The predicted octanol–water partition coefficient (Wildman–Crippen LogP) is 9.59. The highest BCUT2D eigenvalue weighted by molar-refractivity contribution is 6.74. The van der Waals surface area contributed by atoms with Gasteiger partial charge < -0.3 is 9.16 Å². The van der Waals surface area contributed by atoms with Crippen LogP contribution in [-0.4, -0.2) is 13.3 Å². The van der Waals surface area contributed by atoms with E-state index in [1.807, 2.05) is 0 Å². The van der Waals surface area contributed by atoms with Crippen LogP contribution in [0.2, 0.25) is 18.1 Å². The molecule has 1 aromatic carbocycles. The van der Waals surface area contributed by atoms with E-state index < -0.39 is 31.8 Å². The smallest absolute Gasteiger partial charge is 0.410 e. The van der Waals surface area contributed by atoms with Crippen LogP contribution in [0, 0.1) is 5.41 Å². The summed E-state index contributed by atoms with van der Waals surface area (Å²) in [6.07, 6.45) is 1.72. The number of ether oxygens (including phenoxy) is 1. The monoisotopic (exact) mass is 559 g/mol. The van der Waals surface area contributed by atoms with Crippen LogP contribution in [0.15, 0.2) is 24.3 Å². The van der Waals surface area contributed by atoms with Gasteiger partial charge in [0.25, 0.3) is 0 Å². The zero-order valence-corrected chi connectivity index (χ0v) is 25.8. The molecule has 1 unspecified atom stereocenters. The van der Waals surface area contributed by atoms with Crippen LogP contribution in [-0.2, 0) is 33.8 Å². The Morgan fingerprint density at radius 2 is 1.64 bits per heavy atom. The third-order valence-electron chi connectivity index (χ3n) is 9.73. The Morgan fingerprint density at radius 3 is 2.18 bits per heavy atom. The maximum atomic E-state index is 13.4. The van der Waals surface area contributed by atoms with Gasteiger partial charge in [-0.25, -0.2) is 0 Å². The standard InChI is InChI=1S/C32H44F3NO2Si/c1-9-22-26-27(25-23(36-22)18-30(5,6)19-24(25)38-39(7,8)29(2,3)4)31(16-10-11-17-31)37-28(26)20-12-14-21(15-13-20)32(33,34)35/h12-15,24,28H,9-11,16-19H2,1-8H3/t24?,28-/m1/s1. The number of alkyl halides is 3. The lowest BCUT2D eigenvalue weighted by Gasteiger charge is -2.45. The van der Waals surface area contributed by atoms with Crippen molar-refractivity contribution in [1.82, 2.24) is 4.98 Å². The number of aryl methyl sites for hydroxylation is 1. The van der Waals surface area contributed by atoms with Gasteiger partial charge in [0, 0.05) is 22.5 Å². The molecule has 2 atom stereocenters. The summed E-state index contributed by atoms with van der Waals surface area (Å²) in [7, 11) is -2.11. The SMILES string of the molecule is CCc1nc2c(c3c1[C@@H](c1ccc(C(F)(F)F)cc1)OC31CCCC1)C(O[Si](C)(C)C(C)(C)C)CC(C)(C)C2. The first kappa shape index (κ1) is 28.8. The first-order valence-corrected chi connectivity index (χ1v) is 17.5. The van der Waals surface area contributed by atoms with Crippen molar-refractivity contribution in [2.24, 2.45) is 5.41 Å². The van der Waals surface area contributed by atoms with Gasteiger partial charge in [0.1, 0.15) is 6.10 Å². The van der Waals surface area contributed by atoms with Crippen molar-refractivity contribution in [2.45, 2.75) is 129 Å². The van der Waals surface area contributed by atoms with Crippen LogP contribution in [0.25, 0.3) is 0 Å². The number of hydrogen-bond acceptors (Lipinski definition) is 3. The van der Waals surface area contributed by atoms with Crippen molar-refractivity contribution in [1.29, 1.82) is 0 Å². The summed E-state index contributed by atoms with van der Waals surface area (Å²) < 4.78 is 54.3. The number of fused-ring (bicyclic) bond motifs is 4. The number of benzene rings is 1. The maximum Gasteiger partial charge on any atom is 0.416 e. The summed E-state index contributed by atoms with van der Waals surface area (Å²) in [5, 5.41) is 0.0685. The summed E-state index contributed by atoms with van der Waals surface area (Å²) in [6.45, 7) is 18.2. The van der Waals surface area contributed by atoms with E-state index in [0.717, 1.165) is 67.5 Å². The Labute approximate surface area is 233 Å². The molecule has 0 bridgehead atoms. The van der Waals surface area contributed by atoms with E-state index in [4.69, 9.17) is 14.1 Å². The van der Waals surface area contributed by atoms with E-state index in [1.54, 1.807) is 12.1 Å². The number of aromatic nitrogens is 1. The van der Waals surface area contributed by atoms with Crippen molar-refractivity contribution in [2.75, 3.05) is 0 Å².